The lowest BCUT2D eigenvalue weighted by atomic mass is 10.1. The van der Waals surface area contributed by atoms with E-state index >= 15 is 0 Å². The molecule has 2 rings (SSSR count). The van der Waals surface area contributed by atoms with Crippen LogP contribution in [0.4, 0.5) is 0 Å². The van der Waals surface area contributed by atoms with E-state index in [1.54, 1.807) is 23.9 Å². The van der Waals surface area contributed by atoms with Crippen molar-refractivity contribution in [1.29, 1.82) is 0 Å². The zero-order valence-electron chi connectivity index (χ0n) is 8.34. The molecule has 2 N–H and O–H groups in total. The lowest BCUT2D eigenvalue weighted by Gasteiger charge is -2.09. The third-order valence-electron chi connectivity index (χ3n) is 2.27. The van der Waals surface area contributed by atoms with E-state index in [2.05, 4.69) is 27.5 Å². The topological polar surface area (TPSA) is 51.8 Å². The van der Waals surface area contributed by atoms with Crippen LogP contribution in [0, 0.1) is 0 Å². The molecule has 0 spiro atoms. The Morgan fingerprint density at radius 2 is 2.33 bits per heavy atom. The fraction of sp³-hybridized carbons (Fsp3) is 0.273. The van der Waals surface area contributed by atoms with Crippen molar-refractivity contribution in [1.82, 2.24) is 9.97 Å². The zero-order valence-corrected chi connectivity index (χ0v) is 9.15. The minimum Gasteiger partial charge on any atom is -0.323 e. The van der Waals surface area contributed by atoms with E-state index in [1.165, 1.54) is 4.88 Å². The Labute approximate surface area is 93.0 Å². The minimum atomic E-state index is 0.00935. The van der Waals surface area contributed by atoms with Crippen LogP contribution in [0.15, 0.2) is 36.1 Å². The Hall–Kier alpha value is -1.26. The van der Waals surface area contributed by atoms with Gasteiger partial charge >= 0.3 is 0 Å². The summed E-state index contributed by atoms with van der Waals surface area (Å²) in [6, 6.07) is 6.09. The molecule has 0 radical (unpaired) electrons. The van der Waals surface area contributed by atoms with Crippen LogP contribution in [0.3, 0.4) is 0 Å². The molecule has 0 aliphatic heterocycles. The summed E-state index contributed by atoms with van der Waals surface area (Å²) in [4.78, 5) is 9.39. The van der Waals surface area contributed by atoms with E-state index in [9.17, 15) is 0 Å². The number of rotatable bonds is 4. The zero-order chi connectivity index (χ0) is 10.5. The number of aryl methyl sites for hydroxylation is 1. The fourth-order valence-electron chi connectivity index (χ4n) is 1.42. The lowest BCUT2D eigenvalue weighted by Crippen LogP contribution is -2.12. The predicted molar refractivity (Wildman–Crippen MR) is 61.6 cm³/mol. The van der Waals surface area contributed by atoms with E-state index in [4.69, 9.17) is 5.73 Å². The van der Waals surface area contributed by atoms with Crippen molar-refractivity contribution in [2.45, 2.75) is 18.9 Å². The molecule has 0 saturated carbocycles. The van der Waals surface area contributed by atoms with Crippen molar-refractivity contribution >= 4 is 11.3 Å². The number of nitrogens with zero attached hydrogens (tertiary/aromatic N) is 2. The Morgan fingerprint density at radius 1 is 1.40 bits per heavy atom. The fourth-order valence-corrected chi connectivity index (χ4v) is 2.15. The van der Waals surface area contributed by atoms with Gasteiger partial charge in [0.05, 0.1) is 5.69 Å². The van der Waals surface area contributed by atoms with Crippen molar-refractivity contribution in [3.8, 4) is 0 Å². The van der Waals surface area contributed by atoms with Crippen molar-refractivity contribution in [2.24, 2.45) is 5.73 Å². The Morgan fingerprint density at radius 3 is 3.00 bits per heavy atom. The average molecular weight is 219 g/mol. The second-order valence-corrected chi connectivity index (χ2v) is 4.39. The van der Waals surface area contributed by atoms with Gasteiger partial charge in [-0.25, -0.2) is 9.97 Å². The minimum absolute atomic E-state index is 0.00935. The van der Waals surface area contributed by atoms with Crippen molar-refractivity contribution in [2.75, 3.05) is 0 Å². The van der Waals surface area contributed by atoms with E-state index in [1.807, 2.05) is 6.07 Å². The highest BCUT2D eigenvalue weighted by Gasteiger charge is 2.07. The lowest BCUT2D eigenvalue weighted by molar-refractivity contribution is 0.634. The summed E-state index contributed by atoms with van der Waals surface area (Å²) in [5, 5.41) is 2.09. The maximum atomic E-state index is 6.03. The van der Waals surface area contributed by atoms with E-state index in [-0.39, 0.29) is 6.04 Å². The van der Waals surface area contributed by atoms with Gasteiger partial charge in [-0.05, 0) is 30.4 Å². The van der Waals surface area contributed by atoms with Crippen LogP contribution in [0.5, 0.6) is 0 Å². The number of aromatic nitrogens is 2. The third kappa shape index (κ3) is 2.84. The molecule has 2 aromatic heterocycles. The van der Waals surface area contributed by atoms with Gasteiger partial charge < -0.3 is 5.73 Å². The van der Waals surface area contributed by atoms with E-state index in [0.29, 0.717) is 0 Å². The molecule has 15 heavy (non-hydrogen) atoms. The summed E-state index contributed by atoms with van der Waals surface area (Å²) in [5.74, 6) is 0. The van der Waals surface area contributed by atoms with Gasteiger partial charge in [0, 0.05) is 17.1 Å². The summed E-state index contributed by atoms with van der Waals surface area (Å²) in [6.45, 7) is 0. The highest BCUT2D eigenvalue weighted by molar-refractivity contribution is 7.09. The van der Waals surface area contributed by atoms with Gasteiger partial charge in [-0.2, -0.15) is 0 Å². The van der Waals surface area contributed by atoms with Gasteiger partial charge in [-0.3, -0.25) is 0 Å². The second kappa shape index (κ2) is 5.00. The number of nitrogens with two attached hydrogens (primary N) is 1. The number of thiophene rings is 1. The number of hydrogen-bond acceptors (Lipinski definition) is 4. The molecule has 0 saturated heterocycles. The van der Waals surface area contributed by atoms with Crippen LogP contribution in [-0.4, -0.2) is 9.97 Å². The molecule has 2 heterocycles. The molecular weight excluding hydrogens is 206 g/mol. The molecule has 0 aromatic carbocycles. The Kier molecular flexibility index (Phi) is 3.42. The largest absolute Gasteiger partial charge is 0.323 e. The predicted octanol–water partition coefficient (Wildman–Crippen LogP) is 2.17. The van der Waals surface area contributed by atoms with Crippen LogP contribution < -0.4 is 5.73 Å². The van der Waals surface area contributed by atoms with Gasteiger partial charge in [-0.1, -0.05) is 6.07 Å². The van der Waals surface area contributed by atoms with Crippen molar-refractivity contribution in [3.63, 3.8) is 0 Å². The van der Waals surface area contributed by atoms with Gasteiger partial charge in [-0.15, -0.1) is 11.3 Å². The number of hydrogen-bond donors (Lipinski definition) is 1. The molecule has 4 heteroatoms. The van der Waals surface area contributed by atoms with Gasteiger partial charge in [0.15, 0.2) is 0 Å². The Balaban J connectivity index is 1.90. The molecule has 3 nitrogen and oxygen atoms in total. The summed E-state index contributed by atoms with van der Waals surface area (Å²) in [7, 11) is 0. The molecule has 0 aliphatic rings. The smallest absolute Gasteiger partial charge is 0.115 e. The second-order valence-electron chi connectivity index (χ2n) is 3.36. The van der Waals surface area contributed by atoms with Crippen LogP contribution in [-0.2, 0) is 6.42 Å². The molecule has 0 amide bonds. The van der Waals surface area contributed by atoms with Crippen LogP contribution in [0.1, 0.15) is 23.0 Å². The van der Waals surface area contributed by atoms with E-state index < -0.39 is 0 Å². The SMILES string of the molecule is NC(CCc1cccs1)c1ccncn1. The normalized spacial score (nSPS) is 12.6. The summed E-state index contributed by atoms with van der Waals surface area (Å²) >= 11 is 1.77. The average Bonchev–Trinajstić information content (AvgIpc) is 2.80. The Bertz CT molecular complexity index is 385. The van der Waals surface area contributed by atoms with Gasteiger partial charge in [0.2, 0.25) is 0 Å². The maximum Gasteiger partial charge on any atom is 0.115 e. The summed E-state index contributed by atoms with van der Waals surface area (Å²) < 4.78 is 0. The first-order chi connectivity index (χ1) is 7.36. The van der Waals surface area contributed by atoms with Crippen LogP contribution >= 0.6 is 11.3 Å². The quantitative estimate of drug-likeness (QED) is 0.857. The van der Waals surface area contributed by atoms with Gasteiger partial charge in [0.1, 0.15) is 6.33 Å². The molecule has 0 bridgehead atoms. The molecule has 78 valence electrons. The molecule has 2 aromatic rings. The highest BCUT2D eigenvalue weighted by Crippen LogP contribution is 2.17. The first-order valence-electron chi connectivity index (χ1n) is 4.90. The maximum absolute atomic E-state index is 6.03. The molecule has 1 atom stereocenters. The molecule has 0 aliphatic carbocycles. The van der Waals surface area contributed by atoms with E-state index in [0.717, 1.165) is 18.5 Å². The standard InChI is InChI=1S/C11H13N3S/c12-10(11-5-6-13-8-14-11)4-3-9-2-1-7-15-9/h1-2,5-8,10H,3-4,12H2. The van der Waals surface area contributed by atoms with Crippen molar-refractivity contribution < 1.29 is 0 Å². The highest BCUT2D eigenvalue weighted by atomic mass is 32.1. The van der Waals surface area contributed by atoms with Crippen LogP contribution in [0.2, 0.25) is 0 Å². The summed E-state index contributed by atoms with van der Waals surface area (Å²) in [5.41, 5.74) is 6.94. The third-order valence-corrected chi connectivity index (χ3v) is 3.20. The van der Waals surface area contributed by atoms with Gasteiger partial charge in [0.25, 0.3) is 0 Å². The first-order valence-corrected chi connectivity index (χ1v) is 5.78. The first kappa shape index (κ1) is 10.3. The monoisotopic (exact) mass is 219 g/mol. The van der Waals surface area contributed by atoms with Crippen LogP contribution in [0.25, 0.3) is 0 Å². The molecule has 0 fully saturated rings. The molecule has 1 unspecified atom stereocenters. The molecular formula is C11H13N3S. The summed E-state index contributed by atoms with van der Waals surface area (Å²) in [6.07, 6.45) is 5.22. The van der Waals surface area contributed by atoms with Crippen molar-refractivity contribution in [3.05, 3.63) is 46.7 Å².